The van der Waals surface area contributed by atoms with Gasteiger partial charge in [0, 0.05) is 17.7 Å². The zero-order valence-corrected chi connectivity index (χ0v) is 15.7. The lowest BCUT2D eigenvalue weighted by atomic mass is 10.1. The van der Waals surface area contributed by atoms with Gasteiger partial charge in [-0.15, -0.1) is 0 Å². The third kappa shape index (κ3) is 5.02. The monoisotopic (exact) mass is 381 g/mol. The molecular formula is C22H20ClNO3. The first-order chi connectivity index (χ1) is 13.2. The van der Waals surface area contributed by atoms with Crippen molar-refractivity contribution in [2.45, 2.75) is 13.2 Å². The van der Waals surface area contributed by atoms with Gasteiger partial charge in [-0.1, -0.05) is 54.1 Å². The van der Waals surface area contributed by atoms with E-state index in [4.69, 9.17) is 21.1 Å². The predicted octanol–water partition coefficient (Wildman–Crippen LogP) is 4.86. The number of methoxy groups -OCH3 is 1. The smallest absolute Gasteiger partial charge is 0.251 e. The van der Waals surface area contributed by atoms with Gasteiger partial charge < -0.3 is 14.8 Å². The van der Waals surface area contributed by atoms with Gasteiger partial charge in [-0.3, -0.25) is 4.79 Å². The Hall–Kier alpha value is -2.98. The molecule has 0 heterocycles. The molecule has 0 aliphatic heterocycles. The minimum absolute atomic E-state index is 0.152. The van der Waals surface area contributed by atoms with Gasteiger partial charge in [0.2, 0.25) is 0 Å². The molecule has 0 atom stereocenters. The van der Waals surface area contributed by atoms with Crippen molar-refractivity contribution in [1.29, 1.82) is 0 Å². The molecule has 0 fully saturated rings. The summed E-state index contributed by atoms with van der Waals surface area (Å²) in [5.74, 6) is 1.09. The Morgan fingerprint density at radius 1 is 0.963 bits per heavy atom. The van der Waals surface area contributed by atoms with Gasteiger partial charge in [-0.2, -0.15) is 0 Å². The predicted molar refractivity (Wildman–Crippen MR) is 106 cm³/mol. The average molecular weight is 382 g/mol. The second-order valence-corrected chi connectivity index (χ2v) is 6.32. The number of halogens is 1. The van der Waals surface area contributed by atoms with Crippen LogP contribution in [0.4, 0.5) is 0 Å². The molecule has 1 N–H and O–H groups in total. The number of carbonyl (C=O) groups is 1. The van der Waals surface area contributed by atoms with E-state index in [1.165, 1.54) is 0 Å². The second-order valence-electron chi connectivity index (χ2n) is 5.91. The van der Waals surface area contributed by atoms with Crippen molar-refractivity contribution < 1.29 is 14.3 Å². The summed E-state index contributed by atoms with van der Waals surface area (Å²) >= 11 is 6.12. The Balaban J connectivity index is 1.70. The van der Waals surface area contributed by atoms with E-state index in [1.54, 1.807) is 37.4 Å². The van der Waals surface area contributed by atoms with Crippen LogP contribution in [-0.4, -0.2) is 13.0 Å². The number of amides is 1. The summed E-state index contributed by atoms with van der Waals surface area (Å²) in [6.45, 7) is 0.712. The first-order valence-corrected chi connectivity index (χ1v) is 8.91. The molecule has 0 bridgehead atoms. The minimum Gasteiger partial charge on any atom is -0.496 e. The van der Waals surface area contributed by atoms with Gasteiger partial charge in [0.1, 0.15) is 18.1 Å². The fourth-order valence-corrected chi connectivity index (χ4v) is 2.82. The van der Waals surface area contributed by atoms with Crippen LogP contribution in [-0.2, 0) is 13.2 Å². The fourth-order valence-electron chi connectivity index (χ4n) is 2.63. The standard InChI is InChI=1S/C22H20ClNO3/c1-26-20-12-11-17(22(25)24-14-16-7-3-2-4-8-16)13-18(20)15-27-21-10-6-5-9-19(21)23/h2-13H,14-15H2,1H3,(H,24,25). The number of carbonyl (C=O) groups excluding carboxylic acids is 1. The van der Waals surface area contributed by atoms with E-state index < -0.39 is 0 Å². The summed E-state index contributed by atoms with van der Waals surface area (Å²) in [6, 6.07) is 22.3. The zero-order chi connectivity index (χ0) is 19.1. The molecule has 5 heteroatoms. The topological polar surface area (TPSA) is 47.6 Å². The van der Waals surface area contributed by atoms with Crippen molar-refractivity contribution in [3.05, 3.63) is 94.5 Å². The largest absolute Gasteiger partial charge is 0.496 e. The SMILES string of the molecule is COc1ccc(C(=O)NCc2ccccc2)cc1COc1ccccc1Cl. The molecule has 0 saturated heterocycles. The van der Waals surface area contributed by atoms with E-state index in [-0.39, 0.29) is 12.5 Å². The van der Waals surface area contributed by atoms with Crippen LogP contribution in [0.3, 0.4) is 0 Å². The van der Waals surface area contributed by atoms with E-state index >= 15 is 0 Å². The molecule has 0 spiro atoms. The first kappa shape index (κ1) is 18.8. The highest BCUT2D eigenvalue weighted by Crippen LogP contribution is 2.26. The third-order valence-electron chi connectivity index (χ3n) is 4.06. The van der Waals surface area contributed by atoms with Crippen LogP contribution in [0.15, 0.2) is 72.8 Å². The molecule has 3 rings (SSSR count). The highest BCUT2D eigenvalue weighted by Gasteiger charge is 2.11. The molecule has 3 aromatic carbocycles. The molecule has 0 aromatic heterocycles. The summed E-state index contributed by atoms with van der Waals surface area (Å²) < 4.78 is 11.2. The summed E-state index contributed by atoms with van der Waals surface area (Å²) in [6.07, 6.45) is 0. The lowest BCUT2D eigenvalue weighted by Crippen LogP contribution is -2.23. The number of rotatable bonds is 7. The lowest BCUT2D eigenvalue weighted by Gasteiger charge is -2.13. The van der Waals surface area contributed by atoms with Gasteiger partial charge in [0.05, 0.1) is 12.1 Å². The normalized spacial score (nSPS) is 10.3. The molecule has 3 aromatic rings. The molecule has 0 aliphatic rings. The number of hydrogen-bond acceptors (Lipinski definition) is 3. The highest BCUT2D eigenvalue weighted by molar-refractivity contribution is 6.32. The summed E-state index contributed by atoms with van der Waals surface area (Å²) in [7, 11) is 1.59. The number of para-hydroxylation sites is 1. The van der Waals surface area contributed by atoms with Gasteiger partial charge in [0.15, 0.2) is 0 Å². The maximum atomic E-state index is 12.5. The number of nitrogens with one attached hydrogen (secondary N) is 1. The quantitative estimate of drug-likeness (QED) is 0.636. The molecule has 4 nitrogen and oxygen atoms in total. The molecule has 138 valence electrons. The van der Waals surface area contributed by atoms with Crippen molar-refractivity contribution in [2.24, 2.45) is 0 Å². The molecule has 0 radical (unpaired) electrons. The van der Waals surface area contributed by atoms with E-state index in [0.717, 1.165) is 11.1 Å². The number of benzene rings is 3. The van der Waals surface area contributed by atoms with Crippen molar-refractivity contribution in [3.8, 4) is 11.5 Å². The van der Waals surface area contributed by atoms with Crippen LogP contribution < -0.4 is 14.8 Å². The lowest BCUT2D eigenvalue weighted by molar-refractivity contribution is 0.0950. The minimum atomic E-state index is -0.152. The molecule has 0 aliphatic carbocycles. The maximum absolute atomic E-state index is 12.5. The van der Waals surface area contributed by atoms with Gasteiger partial charge >= 0.3 is 0 Å². The summed E-state index contributed by atoms with van der Waals surface area (Å²) in [5.41, 5.74) is 2.36. The number of ether oxygens (including phenoxy) is 2. The fraction of sp³-hybridized carbons (Fsp3) is 0.136. The van der Waals surface area contributed by atoms with E-state index in [9.17, 15) is 4.79 Å². The van der Waals surface area contributed by atoms with Crippen molar-refractivity contribution >= 4 is 17.5 Å². The molecule has 27 heavy (non-hydrogen) atoms. The van der Waals surface area contributed by atoms with Crippen LogP contribution in [0.5, 0.6) is 11.5 Å². The van der Waals surface area contributed by atoms with E-state index in [0.29, 0.717) is 28.6 Å². The van der Waals surface area contributed by atoms with Crippen molar-refractivity contribution in [3.63, 3.8) is 0 Å². The summed E-state index contributed by atoms with van der Waals surface area (Å²) in [5, 5.41) is 3.46. The third-order valence-corrected chi connectivity index (χ3v) is 4.37. The van der Waals surface area contributed by atoms with Crippen LogP contribution in [0.2, 0.25) is 5.02 Å². The molecule has 1 amide bonds. The highest BCUT2D eigenvalue weighted by atomic mass is 35.5. The van der Waals surface area contributed by atoms with E-state index in [1.807, 2.05) is 42.5 Å². The number of hydrogen-bond donors (Lipinski definition) is 1. The van der Waals surface area contributed by atoms with Gasteiger partial charge in [0.25, 0.3) is 5.91 Å². The van der Waals surface area contributed by atoms with Crippen LogP contribution in [0.1, 0.15) is 21.5 Å². The van der Waals surface area contributed by atoms with E-state index in [2.05, 4.69) is 5.32 Å². The Morgan fingerprint density at radius 3 is 2.44 bits per heavy atom. The van der Waals surface area contributed by atoms with Crippen LogP contribution in [0, 0.1) is 0 Å². The summed E-state index contributed by atoms with van der Waals surface area (Å²) in [4.78, 5) is 12.5. The first-order valence-electron chi connectivity index (χ1n) is 8.54. The Bertz CT molecular complexity index is 912. The Labute approximate surface area is 163 Å². The molecular weight excluding hydrogens is 362 g/mol. The van der Waals surface area contributed by atoms with Gasteiger partial charge in [-0.05, 0) is 35.9 Å². The van der Waals surface area contributed by atoms with Crippen LogP contribution in [0.25, 0.3) is 0 Å². The van der Waals surface area contributed by atoms with Crippen LogP contribution >= 0.6 is 11.6 Å². The van der Waals surface area contributed by atoms with Crippen molar-refractivity contribution in [1.82, 2.24) is 5.32 Å². The molecule has 0 unspecified atom stereocenters. The zero-order valence-electron chi connectivity index (χ0n) is 14.9. The van der Waals surface area contributed by atoms with Gasteiger partial charge in [-0.25, -0.2) is 0 Å². The Kier molecular flexibility index (Phi) is 6.34. The molecule has 0 saturated carbocycles. The second kappa shape index (κ2) is 9.10. The Morgan fingerprint density at radius 2 is 1.70 bits per heavy atom. The maximum Gasteiger partial charge on any atom is 0.251 e. The van der Waals surface area contributed by atoms with Crippen molar-refractivity contribution in [2.75, 3.05) is 7.11 Å². The average Bonchev–Trinajstić information content (AvgIpc) is 2.72.